The standard InChI is InChI=1S/C47H48F5N7O4/c1-47(51,52)34-6-4-5-32(25-34)33-26-39(49)43(40(50)27-33)46(63)58-13-11-30(12-14-58)28-55-15-17-56(18-16-55)29-42(60)57-19-21-59(22-20-57)45(62)37-23-31(9-10-38(37)48)24-41-35-7-2-3-8-36(35)44(61)54-53-41/h2-10,23,25-27,30H,11-22,24,28-29H2,1H3,(H,54,61). The van der Waals surface area contributed by atoms with E-state index in [0.717, 1.165) is 38.7 Å². The molecule has 0 radical (unpaired) electrons. The zero-order chi connectivity index (χ0) is 44.4. The van der Waals surface area contributed by atoms with Crippen molar-refractivity contribution in [3.05, 3.63) is 135 Å². The van der Waals surface area contributed by atoms with Crippen molar-refractivity contribution in [2.24, 2.45) is 5.92 Å². The molecule has 0 aliphatic carbocycles. The van der Waals surface area contributed by atoms with E-state index < -0.39 is 40.8 Å². The monoisotopic (exact) mass is 869 g/mol. The first kappa shape index (κ1) is 43.6. The molecule has 330 valence electrons. The number of rotatable bonds is 10. The van der Waals surface area contributed by atoms with Crippen LogP contribution in [-0.4, -0.2) is 131 Å². The lowest BCUT2D eigenvalue weighted by Gasteiger charge is -2.40. The molecule has 5 aromatic rings. The summed E-state index contributed by atoms with van der Waals surface area (Å²) in [4.78, 5) is 61.6. The second-order valence-corrected chi connectivity index (χ2v) is 16.8. The molecular weight excluding hydrogens is 822 g/mol. The van der Waals surface area contributed by atoms with Gasteiger partial charge in [0.2, 0.25) is 5.91 Å². The fraction of sp³-hybridized carbons (Fsp3) is 0.383. The minimum Gasteiger partial charge on any atom is -0.338 e. The third-order valence-electron chi connectivity index (χ3n) is 12.5. The quantitative estimate of drug-likeness (QED) is 0.167. The van der Waals surface area contributed by atoms with Gasteiger partial charge in [-0.2, -0.15) is 5.10 Å². The number of carbonyl (C=O) groups is 3. The molecule has 3 aliphatic rings. The predicted octanol–water partition coefficient (Wildman–Crippen LogP) is 6.16. The maximum absolute atomic E-state index is 15.3. The number of aromatic nitrogens is 2. The number of hydrogen-bond donors (Lipinski definition) is 1. The summed E-state index contributed by atoms with van der Waals surface area (Å²) >= 11 is 0. The number of piperidine rings is 1. The fourth-order valence-electron chi connectivity index (χ4n) is 8.85. The molecule has 0 saturated carbocycles. The third-order valence-corrected chi connectivity index (χ3v) is 12.5. The van der Waals surface area contributed by atoms with Gasteiger partial charge in [0.1, 0.15) is 23.0 Å². The van der Waals surface area contributed by atoms with Gasteiger partial charge in [-0.1, -0.05) is 42.5 Å². The van der Waals surface area contributed by atoms with Crippen molar-refractivity contribution in [1.29, 1.82) is 0 Å². The molecule has 16 heteroatoms. The summed E-state index contributed by atoms with van der Waals surface area (Å²) in [6, 6.07) is 18.8. The van der Waals surface area contributed by atoms with Crippen molar-refractivity contribution in [1.82, 2.24) is 34.7 Å². The first-order valence-corrected chi connectivity index (χ1v) is 21.3. The molecular formula is C47H48F5N7O4. The van der Waals surface area contributed by atoms with E-state index in [0.29, 0.717) is 74.1 Å². The number of amides is 3. The summed E-state index contributed by atoms with van der Waals surface area (Å²) in [6.07, 6.45) is 1.62. The molecule has 3 aliphatic heterocycles. The van der Waals surface area contributed by atoms with Gasteiger partial charge in [0.05, 0.1) is 23.2 Å². The molecule has 3 fully saturated rings. The molecule has 0 atom stereocenters. The van der Waals surface area contributed by atoms with E-state index in [1.165, 1.54) is 41.3 Å². The van der Waals surface area contributed by atoms with Gasteiger partial charge in [-0.25, -0.2) is 27.1 Å². The van der Waals surface area contributed by atoms with Crippen LogP contribution >= 0.6 is 0 Å². The average molecular weight is 870 g/mol. The van der Waals surface area contributed by atoms with E-state index in [-0.39, 0.29) is 65.7 Å². The Labute approximate surface area is 361 Å². The Hall–Kier alpha value is -6.00. The summed E-state index contributed by atoms with van der Waals surface area (Å²) in [6.45, 7) is 6.62. The maximum Gasteiger partial charge on any atom is 0.272 e. The number of halogens is 5. The van der Waals surface area contributed by atoms with E-state index >= 15 is 13.2 Å². The minimum atomic E-state index is -3.12. The number of nitrogens with zero attached hydrogens (tertiary/aromatic N) is 6. The summed E-state index contributed by atoms with van der Waals surface area (Å²) in [5.74, 6) is -6.76. The Morgan fingerprint density at radius 2 is 1.32 bits per heavy atom. The summed E-state index contributed by atoms with van der Waals surface area (Å²) in [7, 11) is 0. The second kappa shape index (κ2) is 18.4. The van der Waals surface area contributed by atoms with Gasteiger partial charge in [-0.15, -0.1) is 0 Å². The largest absolute Gasteiger partial charge is 0.338 e. The molecule has 11 nitrogen and oxygen atoms in total. The lowest BCUT2D eigenvalue weighted by Crippen LogP contribution is -2.55. The molecule has 4 heterocycles. The molecule has 63 heavy (non-hydrogen) atoms. The Balaban J connectivity index is 0.765. The third kappa shape index (κ3) is 9.81. The van der Waals surface area contributed by atoms with Crippen LogP contribution in [0.5, 0.6) is 0 Å². The fourth-order valence-corrected chi connectivity index (χ4v) is 8.85. The van der Waals surface area contributed by atoms with Crippen LogP contribution in [0.15, 0.2) is 83.7 Å². The minimum absolute atomic E-state index is 0.0285. The van der Waals surface area contributed by atoms with Gasteiger partial charge in [0.25, 0.3) is 23.3 Å². The number of hydrogen-bond acceptors (Lipinski definition) is 7. The van der Waals surface area contributed by atoms with E-state index in [1.54, 1.807) is 34.1 Å². The zero-order valence-electron chi connectivity index (χ0n) is 34.9. The number of fused-ring (bicyclic) bond motifs is 1. The normalized spacial score (nSPS) is 17.1. The van der Waals surface area contributed by atoms with Crippen molar-refractivity contribution < 1.29 is 36.3 Å². The van der Waals surface area contributed by atoms with Crippen molar-refractivity contribution in [2.75, 3.05) is 78.5 Å². The van der Waals surface area contributed by atoms with Gasteiger partial charge in [0, 0.05) is 96.3 Å². The van der Waals surface area contributed by atoms with Crippen molar-refractivity contribution in [3.8, 4) is 11.1 Å². The highest BCUT2D eigenvalue weighted by Gasteiger charge is 2.32. The van der Waals surface area contributed by atoms with Crippen LogP contribution in [0.4, 0.5) is 22.0 Å². The number of piperazine rings is 2. The molecule has 3 saturated heterocycles. The zero-order valence-corrected chi connectivity index (χ0v) is 34.9. The molecule has 4 aromatic carbocycles. The molecule has 1 N–H and O–H groups in total. The van der Waals surface area contributed by atoms with E-state index in [1.807, 2.05) is 6.07 Å². The van der Waals surface area contributed by atoms with Crippen LogP contribution < -0.4 is 5.56 Å². The van der Waals surface area contributed by atoms with Crippen molar-refractivity contribution >= 4 is 28.5 Å². The molecule has 3 amide bonds. The number of nitrogens with one attached hydrogen (secondary N) is 1. The van der Waals surface area contributed by atoms with Crippen molar-refractivity contribution in [2.45, 2.75) is 32.1 Å². The Morgan fingerprint density at radius 3 is 2.00 bits per heavy atom. The van der Waals surface area contributed by atoms with Crippen LogP contribution in [-0.2, 0) is 17.1 Å². The maximum atomic E-state index is 15.3. The molecule has 0 spiro atoms. The van der Waals surface area contributed by atoms with E-state index in [9.17, 15) is 28.0 Å². The molecule has 0 bridgehead atoms. The highest BCUT2D eigenvalue weighted by Crippen LogP contribution is 2.32. The molecule has 8 rings (SSSR count). The number of aromatic amines is 1. The first-order valence-electron chi connectivity index (χ1n) is 21.3. The van der Waals surface area contributed by atoms with Gasteiger partial charge in [-0.05, 0) is 71.8 Å². The van der Waals surface area contributed by atoms with E-state index in [2.05, 4.69) is 20.0 Å². The van der Waals surface area contributed by atoms with Crippen LogP contribution in [0, 0.1) is 23.4 Å². The number of H-pyrrole nitrogens is 1. The summed E-state index contributed by atoms with van der Waals surface area (Å²) < 4.78 is 73.3. The van der Waals surface area contributed by atoms with Crippen molar-refractivity contribution in [3.63, 3.8) is 0 Å². The first-order chi connectivity index (χ1) is 30.2. The SMILES string of the molecule is CC(F)(F)c1cccc(-c2cc(F)c(C(=O)N3CCC(CN4CCN(CC(=O)N5CCN(C(=O)c6cc(Cc7n[nH]c(=O)c8ccccc78)ccc6F)CC5)CC4)CC3)c(F)c2)c1. The summed E-state index contributed by atoms with van der Waals surface area (Å²) in [5.41, 5.74) is 0.261. The highest BCUT2D eigenvalue weighted by molar-refractivity contribution is 5.96. The Bertz CT molecular complexity index is 2550. The number of alkyl halides is 2. The second-order valence-electron chi connectivity index (χ2n) is 16.8. The smallest absolute Gasteiger partial charge is 0.272 e. The number of benzene rings is 4. The van der Waals surface area contributed by atoms with Gasteiger partial charge in [-0.3, -0.25) is 24.1 Å². The van der Waals surface area contributed by atoms with E-state index in [4.69, 9.17) is 0 Å². The molecule has 1 aromatic heterocycles. The number of carbonyl (C=O) groups excluding carboxylic acids is 3. The Kier molecular flexibility index (Phi) is 12.7. The van der Waals surface area contributed by atoms with Crippen LogP contribution in [0.25, 0.3) is 21.9 Å². The molecule has 0 unspecified atom stereocenters. The van der Waals surface area contributed by atoms with Crippen LogP contribution in [0.2, 0.25) is 0 Å². The van der Waals surface area contributed by atoms with Crippen LogP contribution in [0.1, 0.15) is 57.3 Å². The summed E-state index contributed by atoms with van der Waals surface area (Å²) in [5, 5.41) is 7.89. The lowest BCUT2D eigenvalue weighted by atomic mass is 9.94. The van der Waals surface area contributed by atoms with Crippen LogP contribution in [0.3, 0.4) is 0 Å². The van der Waals surface area contributed by atoms with Gasteiger partial charge in [0.15, 0.2) is 0 Å². The van der Waals surface area contributed by atoms with Gasteiger partial charge >= 0.3 is 0 Å². The Morgan fingerprint density at radius 1 is 0.683 bits per heavy atom. The predicted molar refractivity (Wildman–Crippen MR) is 227 cm³/mol. The highest BCUT2D eigenvalue weighted by atomic mass is 19.3. The van der Waals surface area contributed by atoms with Gasteiger partial charge < -0.3 is 19.6 Å². The number of likely N-dealkylation sites (tertiary alicyclic amines) is 1. The topological polar surface area (TPSA) is 113 Å². The lowest BCUT2D eigenvalue weighted by molar-refractivity contribution is -0.134. The average Bonchev–Trinajstić information content (AvgIpc) is 3.28.